The Bertz CT molecular complexity index is 355. The number of nitrogens with zero attached hydrogens (tertiary/aromatic N) is 1. The van der Waals surface area contributed by atoms with Crippen LogP contribution in [0.15, 0.2) is 18.3 Å². The molecule has 1 aromatic rings. The third kappa shape index (κ3) is 3.72. The molecule has 1 aliphatic rings. The summed E-state index contributed by atoms with van der Waals surface area (Å²) in [4.78, 5) is 4.34. The highest BCUT2D eigenvalue weighted by Gasteiger charge is 2.30. The summed E-state index contributed by atoms with van der Waals surface area (Å²) >= 11 is 2.05. The maximum absolute atomic E-state index is 4.34. The van der Waals surface area contributed by atoms with Crippen molar-refractivity contribution in [3.63, 3.8) is 0 Å². The molecule has 1 aliphatic carbocycles. The summed E-state index contributed by atoms with van der Waals surface area (Å²) in [5, 5.41) is 3.62. The molecule has 0 atom stereocenters. The first-order chi connectivity index (χ1) is 8.74. The molecule has 0 bridgehead atoms. The average Bonchev–Trinajstić information content (AvgIpc) is 2.42. The second-order valence-corrected chi connectivity index (χ2v) is 6.63. The minimum Gasteiger partial charge on any atom is -0.311 e. The first kappa shape index (κ1) is 13.9. The minimum atomic E-state index is 0.483. The maximum Gasteiger partial charge on any atom is 0.0372 e. The second-order valence-electron chi connectivity index (χ2n) is 5.36. The molecular formula is C15H24N2S. The third-order valence-corrected chi connectivity index (χ3v) is 5.37. The van der Waals surface area contributed by atoms with E-state index in [1.54, 1.807) is 0 Å². The molecule has 0 radical (unpaired) electrons. The zero-order chi connectivity index (χ0) is 12.8. The van der Waals surface area contributed by atoms with Gasteiger partial charge in [0.1, 0.15) is 0 Å². The molecular weight excluding hydrogens is 240 g/mol. The molecule has 2 rings (SSSR count). The predicted molar refractivity (Wildman–Crippen MR) is 80.0 cm³/mol. The fourth-order valence-electron chi connectivity index (χ4n) is 2.69. The SMILES string of the molecule is CSC1(CNCc2ccc(C)nc2)CCCCC1. The molecule has 1 heterocycles. The molecule has 0 unspecified atom stereocenters. The van der Waals surface area contributed by atoms with Crippen molar-refractivity contribution in [3.05, 3.63) is 29.6 Å². The van der Waals surface area contributed by atoms with E-state index in [1.807, 2.05) is 13.1 Å². The monoisotopic (exact) mass is 264 g/mol. The van der Waals surface area contributed by atoms with Gasteiger partial charge in [0.25, 0.3) is 0 Å². The van der Waals surface area contributed by atoms with Crippen molar-refractivity contribution in [3.8, 4) is 0 Å². The van der Waals surface area contributed by atoms with Crippen LogP contribution in [-0.2, 0) is 6.54 Å². The van der Waals surface area contributed by atoms with Crippen LogP contribution < -0.4 is 5.32 Å². The summed E-state index contributed by atoms with van der Waals surface area (Å²) in [5.41, 5.74) is 2.37. The van der Waals surface area contributed by atoms with Crippen LogP contribution in [-0.4, -0.2) is 22.5 Å². The predicted octanol–water partition coefficient (Wildman–Crippen LogP) is 3.55. The van der Waals surface area contributed by atoms with Crippen LogP contribution in [0, 0.1) is 6.92 Å². The van der Waals surface area contributed by atoms with Gasteiger partial charge in [0.2, 0.25) is 0 Å². The lowest BCUT2D eigenvalue weighted by Gasteiger charge is -2.36. The number of pyridine rings is 1. The Morgan fingerprint density at radius 1 is 1.28 bits per heavy atom. The van der Waals surface area contributed by atoms with E-state index in [4.69, 9.17) is 0 Å². The van der Waals surface area contributed by atoms with E-state index < -0.39 is 0 Å². The number of rotatable bonds is 5. The van der Waals surface area contributed by atoms with Crippen molar-refractivity contribution < 1.29 is 0 Å². The van der Waals surface area contributed by atoms with Crippen molar-refractivity contribution in [2.75, 3.05) is 12.8 Å². The Hall–Kier alpha value is -0.540. The standard InChI is InChI=1S/C15H24N2S/c1-13-6-7-14(11-17-13)10-16-12-15(18-2)8-4-3-5-9-15/h6-7,11,16H,3-5,8-10,12H2,1-2H3. The average molecular weight is 264 g/mol. The van der Waals surface area contributed by atoms with E-state index in [9.17, 15) is 0 Å². The number of hydrogen-bond acceptors (Lipinski definition) is 3. The highest BCUT2D eigenvalue weighted by atomic mass is 32.2. The van der Waals surface area contributed by atoms with Crippen molar-refractivity contribution >= 4 is 11.8 Å². The molecule has 0 amide bonds. The van der Waals surface area contributed by atoms with Crippen LogP contribution >= 0.6 is 11.8 Å². The van der Waals surface area contributed by atoms with Gasteiger partial charge in [-0.1, -0.05) is 25.3 Å². The smallest absolute Gasteiger partial charge is 0.0372 e. The van der Waals surface area contributed by atoms with E-state index in [2.05, 4.69) is 40.5 Å². The molecule has 1 aromatic heterocycles. The number of thioether (sulfide) groups is 1. The Kier molecular flexibility index (Phi) is 5.07. The first-order valence-corrected chi connectivity index (χ1v) is 8.14. The molecule has 0 aromatic carbocycles. The lowest BCUT2D eigenvalue weighted by Crippen LogP contribution is -2.39. The van der Waals surface area contributed by atoms with Gasteiger partial charge >= 0.3 is 0 Å². The largest absolute Gasteiger partial charge is 0.311 e. The molecule has 0 spiro atoms. The minimum absolute atomic E-state index is 0.483. The number of aryl methyl sites for hydroxylation is 1. The Morgan fingerprint density at radius 3 is 2.67 bits per heavy atom. The van der Waals surface area contributed by atoms with Gasteiger partial charge in [-0.2, -0.15) is 11.8 Å². The number of nitrogens with one attached hydrogen (secondary N) is 1. The van der Waals surface area contributed by atoms with E-state index in [0.29, 0.717) is 4.75 Å². The van der Waals surface area contributed by atoms with Gasteiger partial charge < -0.3 is 5.32 Å². The zero-order valence-corrected chi connectivity index (χ0v) is 12.4. The van der Waals surface area contributed by atoms with E-state index in [-0.39, 0.29) is 0 Å². The molecule has 100 valence electrons. The van der Waals surface area contributed by atoms with E-state index in [0.717, 1.165) is 18.8 Å². The summed E-state index contributed by atoms with van der Waals surface area (Å²) in [6.45, 7) is 4.10. The highest BCUT2D eigenvalue weighted by molar-refractivity contribution is 8.00. The van der Waals surface area contributed by atoms with Crippen LogP contribution in [0.25, 0.3) is 0 Å². The van der Waals surface area contributed by atoms with Gasteiger partial charge in [-0.05, 0) is 37.7 Å². The molecule has 1 saturated carbocycles. The zero-order valence-electron chi connectivity index (χ0n) is 11.5. The molecule has 1 N–H and O–H groups in total. The lowest BCUT2D eigenvalue weighted by molar-refractivity contribution is 0.379. The Labute approximate surface area is 115 Å². The van der Waals surface area contributed by atoms with Crippen molar-refractivity contribution in [1.82, 2.24) is 10.3 Å². The fourth-order valence-corrected chi connectivity index (χ4v) is 3.63. The number of hydrogen-bond donors (Lipinski definition) is 1. The van der Waals surface area contributed by atoms with Gasteiger partial charge in [0.05, 0.1) is 0 Å². The summed E-state index contributed by atoms with van der Waals surface area (Å²) in [5.74, 6) is 0. The van der Waals surface area contributed by atoms with Crippen molar-refractivity contribution in [1.29, 1.82) is 0 Å². The topological polar surface area (TPSA) is 24.9 Å². The normalized spacial score (nSPS) is 18.8. The maximum atomic E-state index is 4.34. The highest BCUT2D eigenvalue weighted by Crippen LogP contribution is 2.37. The van der Waals surface area contributed by atoms with Gasteiger partial charge in [0, 0.05) is 29.7 Å². The summed E-state index contributed by atoms with van der Waals surface area (Å²) in [6.07, 6.45) is 11.2. The van der Waals surface area contributed by atoms with Gasteiger partial charge in [-0.15, -0.1) is 0 Å². The number of aromatic nitrogens is 1. The summed E-state index contributed by atoms with van der Waals surface area (Å²) in [7, 11) is 0. The molecule has 2 nitrogen and oxygen atoms in total. The lowest BCUT2D eigenvalue weighted by atomic mass is 9.88. The molecule has 18 heavy (non-hydrogen) atoms. The Morgan fingerprint density at radius 2 is 2.06 bits per heavy atom. The molecule has 0 aliphatic heterocycles. The van der Waals surface area contributed by atoms with Crippen molar-refractivity contribution in [2.24, 2.45) is 0 Å². The summed E-state index contributed by atoms with van der Waals surface area (Å²) in [6, 6.07) is 4.25. The van der Waals surface area contributed by atoms with Gasteiger partial charge in [-0.25, -0.2) is 0 Å². The van der Waals surface area contributed by atoms with Crippen LogP contribution in [0.1, 0.15) is 43.4 Å². The summed E-state index contributed by atoms with van der Waals surface area (Å²) < 4.78 is 0.483. The van der Waals surface area contributed by atoms with Crippen molar-refractivity contribution in [2.45, 2.75) is 50.3 Å². The van der Waals surface area contributed by atoms with Crippen LogP contribution in [0.5, 0.6) is 0 Å². The third-order valence-electron chi connectivity index (χ3n) is 3.95. The van der Waals surface area contributed by atoms with Gasteiger partial charge in [0.15, 0.2) is 0 Å². The van der Waals surface area contributed by atoms with E-state index >= 15 is 0 Å². The van der Waals surface area contributed by atoms with Crippen LogP contribution in [0.3, 0.4) is 0 Å². The fraction of sp³-hybridized carbons (Fsp3) is 0.667. The van der Waals surface area contributed by atoms with Crippen LogP contribution in [0.2, 0.25) is 0 Å². The Balaban J connectivity index is 1.81. The molecule has 1 fully saturated rings. The van der Waals surface area contributed by atoms with E-state index in [1.165, 1.54) is 37.7 Å². The quantitative estimate of drug-likeness (QED) is 0.880. The second kappa shape index (κ2) is 6.58. The first-order valence-electron chi connectivity index (χ1n) is 6.91. The van der Waals surface area contributed by atoms with Crippen LogP contribution in [0.4, 0.5) is 0 Å². The van der Waals surface area contributed by atoms with Gasteiger partial charge in [-0.3, -0.25) is 4.98 Å². The molecule has 0 saturated heterocycles. The molecule has 3 heteroatoms.